The number of benzene rings is 4. The van der Waals surface area contributed by atoms with E-state index in [1.54, 1.807) is 48.5 Å². The van der Waals surface area contributed by atoms with Crippen LogP contribution in [0.1, 0.15) is 55.8 Å². The lowest BCUT2D eigenvalue weighted by molar-refractivity contribution is 0.0696. The summed E-state index contributed by atoms with van der Waals surface area (Å²) in [6.07, 6.45) is 2.16. The molecule has 0 spiro atoms. The van der Waals surface area contributed by atoms with Crippen molar-refractivity contribution < 1.29 is 33.0 Å². The van der Waals surface area contributed by atoms with E-state index >= 15 is 0 Å². The SMILES string of the molecule is NC[C@@H]1CCOC1.O=C(NC[C@@H]1CCOC1)c1ccc(C#Cc2ccc(F)cc2)cc1.O=C(O)c1ccc(C#Cc2ccc(F)cc2)cc1. The summed E-state index contributed by atoms with van der Waals surface area (Å²) in [5, 5.41) is 11.7. The van der Waals surface area contributed by atoms with Crippen molar-refractivity contribution in [3.8, 4) is 23.7 Å². The minimum Gasteiger partial charge on any atom is -0.478 e. The Bertz CT molecular complexity index is 1760. The van der Waals surface area contributed by atoms with Gasteiger partial charge in [-0.1, -0.05) is 23.7 Å². The van der Waals surface area contributed by atoms with Crippen LogP contribution < -0.4 is 11.1 Å². The lowest BCUT2D eigenvalue weighted by Gasteiger charge is -2.09. The molecule has 2 atom stereocenters. The largest absolute Gasteiger partial charge is 0.478 e. The second kappa shape index (κ2) is 19.5. The van der Waals surface area contributed by atoms with Crippen molar-refractivity contribution in [3.05, 3.63) is 142 Å². The molecule has 0 bridgehead atoms. The lowest BCUT2D eigenvalue weighted by Crippen LogP contribution is -2.29. The molecule has 6 rings (SSSR count). The number of carboxylic acids is 1. The number of hydrogen-bond acceptors (Lipinski definition) is 5. The molecule has 4 aromatic carbocycles. The summed E-state index contributed by atoms with van der Waals surface area (Å²) in [6, 6.07) is 25.3. The summed E-state index contributed by atoms with van der Waals surface area (Å²) in [4.78, 5) is 22.8. The summed E-state index contributed by atoms with van der Waals surface area (Å²) in [6.45, 7) is 4.74. The van der Waals surface area contributed by atoms with Crippen molar-refractivity contribution in [2.75, 3.05) is 39.5 Å². The molecule has 2 saturated heterocycles. The number of rotatable bonds is 5. The van der Waals surface area contributed by atoms with Gasteiger partial charge in [-0.15, -0.1) is 0 Å². The normalized spacial score (nSPS) is 15.9. The number of carbonyl (C=O) groups excluding carboxylic acids is 1. The Balaban J connectivity index is 0.000000189. The van der Waals surface area contributed by atoms with Gasteiger partial charge >= 0.3 is 5.97 Å². The molecule has 4 N–H and O–H groups in total. The maximum Gasteiger partial charge on any atom is 0.335 e. The van der Waals surface area contributed by atoms with E-state index < -0.39 is 5.97 Å². The van der Waals surface area contributed by atoms with Gasteiger partial charge in [-0.25, -0.2) is 13.6 Å². The maximum absolute atomic E-state index is 12.8. The molecule has 2 aliphatic rings. The molecule has 252 valence electrons. The van der Waals surface area contributed by atoms with Gasteiger partial charge in [-0.2, -0.15) is 0 Å². The highest BCUT2D eigenvalue weighted by atomic mass is 19.1. The Morgan fingerprint density at radius 1 is 0.653 bits per heavy atom. The smallest absolute Gasteiger partial charge is 0.335 e. The number of nitrogens with two attached hydrogens (primary N) is 1. The second-order valence-corrected chi connectivity index (χ2v) is 11.4. The van der Waals surface area contributed by atoms with Crippen LogP contribution in [-0.2, 0) is 9.47 Å². The van der Waals surface area contributed by atoms with Crippen LogP contribution in [0.4, 0.5) is 8.78 Å². The predicted molar refractivity (Wildman–Crippen MR) is 184 cm³/mol. The van der Waals surface area contributed by atoms with Gasteiger partial charge in [-0.05, 0) is 122 Å². The highest BCUT2D eigenvalue weighted by Gasteiger charge is 2.16. The van der Waals surface area contributed by atoms with Crippen LogP contribution in [-0.4, -0.2) is 56.5 Å². The van der Waals surface area contributed by atoms with Crippen molar-refractivity contribution in [3.63, 3.8) is 0 Å². The molecule has 0 saturated carbocycles. The zero-order valence-corrected chi connectivity index (χ0v) is 27.0. The van der Waals surface area contributed by atoms with E-state index in [-0.39, 0.29) is 23.1 Å². The summed E-state index contributed by atoms with van der Waals surface area (Å²) in [5.41, 5.74) is 9.16. The van der Waals surface area contributed by atoms with Crippen LogP contribution in [0.15, 0.2) is 97.1 Å². The topological polar surface area (TPSA) is 111 Å². The minimum absolute atomic E-state index is 0.0834. The van der Waals surface area contributed by atoms with Gasteiger partial charge in [0.05, 0.1) is 18.8 Å². The van der Waals surface area contributed by atoms with Crippen molar-refractivity contribution in [2.45, 2.75) is 12.8 Å². The van der Waals surface area contributed by atoms with E-state index in [1.165, 1.54) is 36.4 Å². The average molecular weight is 665 g/mol. The summed E-state index contributed by atoms with van der Waals surface area (Å²) < 4.78 is 35.9. The van der Waals surface area contributed by atoms with Crippen LogP contribution in [0.25, 0.3) is 0 Å². The lowest BCUT2D eigenvalue weighted by atomic mass is 10.1. The number of carboxylic acid groups (broad SMARTS) is 1. The Kier molecular flexibility index (Phi) is 14.5. The van der Waals surface area contributed by atoms with E-state index in [2.05, 4.69) is 29.0 Å². The molecule has 2 heterocycles. The molecule has 2 aliphatic heterocycles. The van der Waals surface area contributed by atoms with Crippen molar-refractivity contribution >= 4 is 11.9 Å². The predicted octanol–water partition coefficient (Wildman–Crippen LogP) is 5.90. The van der Waals surface area contributed by atoms with Crippen LogP contribution >= 0.6 is 0 Å². The summed E-state index contributed by atoms with van der Waals surface area (Å²) in [5.74, 6) is 11.2. The van der Waals surface area contributed by atoms with E-state index in [4.69, 9.17) is 20.3 Å². The van der Waals surface area contributed by atoms with Crippen molar-refractivity contribution in [1.29, 1.82) is 0 Å². The first-order valence-corrected chi connectivity index (χ1v) is 15.9. The average Bonchev–Trinajstić information content (AvgIpc) is 3.86. The van der Waals surface area contributed by atoms with Crippen LogP contribution in [0.2, 0.25) is 0 Å². The number of hydrogen-bond donors (Lipinski definition) is 3. The minimum atomic E-state index is -0.965. The fourth-order valence-electron chi connectivity index (χ4n) is 4.61. The monoisotopic (exact) mass is 664 g/mol. The van der Waals surface area contributed by atoms with E-state index in [0.29, 0.717) is 35.1 Å². The van der Waals surface area contributed by atoms with E-state index in [0.717, 1.165) is 56.9 Å². The molecule has 0 aromatic heterocycles. The van der Waals surface area contributed by atoms with Crippen molar-refractivity contribution in [2.24, 2.45) is 17.6 Å². The molecule has 49 heavy (non-hydrogen) atoms. The fourth-order valence-corrected chi connectivity index (χ4v) is 4.61. The van der Waals surface area contributed by atoms with Crippen LogP contribution in [0.3, 0.4) is 0 Å². The standard InChI is InChI=1S/C20H18FNO2.C15H9FO2.C5H11NO/c21-19-9-5-16(6-10-19)2-1-15-3-7-18(8-4-15)20(23)22-13-17-11-12-24-14-17;16-14-9-5-12(6-10-14)2-1-11-3-7-13(8-4-11)15(17)18;6-3-5-1-2-7-4-5/h3-10,17H,11-14H2,(H,22,23);3-10H,(H,17,18);5H,1-4,6H2/t17-;;5-/m0.0/s1. The van der Waals surface area contributed by atoms with E-state index in [9.17, 15) is 18.4 Å². The number of aromatic carboxylic acids is 1. The van der Waals surface area contributed by atoms with Gasteiger partial charge in [0.15, 0.2) is 0 Å². The fraction of sp³-hybridized carbons (Fsp3) is 0.250. The van der Waals surface area contributed by atoms with Gasteiger partial charge in [-0.3, -0.25) is 4.79 Å². The number of carbonyl (C=O) groups is 2. The van der Waals surface area contributed by atoms with Gasteiger partial charge in [0, 0.05) is 53.5 Å². The number of nitrogens with one attached hydrogen (secondary N) is 1. The molecule has 9 heteroatoms. The first-order chi connectivity index (χ1) is 23.8. The number of amides is 1. The van der Waals surface area contributed by atoms with Gasteiger partial charge in [0.2, 0.25) is 0 Å². The van der Waals surface area contributed by atoms with Gasteiger partial charge in [0.25, 0.3) is 5.91 Å². The Morgan fingerprint density at radius 3 is 1.39 bits per heavy atom. The van der Waals surface area contributed by atoms with E-state index in [1.807, 2.05) is 12.1 Å². The highest BCUT2D eigenvalue weighted by Crippen LogP contribution is 2.12. The van der Waals surface area contributed by atoms with Crippen molar-refractivity contribution in [1.82, 2.24) is 5.32 Å². The molecule has 1 amide bonds. The first kappa shape index (κ1) is 36.5. The summed E-state index contributed by atoms with van der Waals surface area (Å²) >= 11 is 0. The van der Waals surface area contributed by atoms with Gasteiger partial charge < -0.3 is 25.6 Å². The third kappa shape index (κ3) is 13.0. The zero-order chi connectivity index (χ0) is 34.8. The Morgan fingerprint density at radius 2 is 1.04 bits per heavy atom. The second-order valence-electron chi connectivity index (χ2n) is 11.4. The Labute approximate surface area is 285 Å². The zero-order valence-electron chi connectivity index (χ0n) is 27.0. The number of ether oxygens (including phenoxy) is 2. The third-order valence-electron chi connectivity index (χ3n) is 7.60. The molecular weight excluding hydrogens is 626 g/mol. The molecule has 0 aliphatic carbocycles. The third-order valence-corrected chi connectivity index (χ3v) is 7.60. The molecule has 2 fully saturated rings. The number of halogens is 2. The first-order valence-electron chi connectivity index (χ1n) is 15.9. The quantitative estimate of drug-likeness (QED) is 0.230. The Hall–Kier alpha value is -5.32. The van der Waals surface area contributed by atoms with Crippen LogP contribution in [0.5, 0.6) is 0 Å². The molecule has 0 unspecified atom stereocenters. The molecule has 0 radical (unpaired) electrons. The molecule has 7 nitrogen and oxygen atoms in total. The molecule has 4 aromatic rings. The van der Waals surface area contributed by atoms with Crippen LogP contribution in [0, 0.1) is 47.2 Å². The van der Waals surface area contributed by atoms with Gasteiger partial charge in [0.1, 0.15) is 11.6 Å². The molecular formula is C40H38F2N2O5. The maximum atomic E-state index is 12.8. The summed E-state index contributed by atoms with van der Waals surface area (Å²) in [7, 11) is 0. The highest BCUT2D eigenvalue weighted by molar-refractivity contribution is 5.94.